The molecule has 0 unspecified atom stereocenters. The van der Waals surface area contributed by atoms with E-state index in [0.29, 0.717) is 54.0 Å². The Balaban J connectivity index is 1.46. The SMILES string of the molecule is Cc1cccnc1C(=O)N1CCN(c2cnc(-c3cccc(C(F)(F)F)c3)c(-c3ccncc3Cl)n2)CC1. The molecule has 0 aliphatic carbocycles. The number of hydrogen-bond donors (Lipinski definition) is 0. The molecule has 1 fully saturated rings. The monoisotopic (exact) mass is 538 g/mol. The summed E-state index contributed by atoms with van der Waals surface area (Å²) in [6, 6.07) is 10.2. The number of amides is 1. The predicted octanol–water partition coefficient (Wildman–Crippen LogP) is 5.54. The predicted molar refractivity (Wildman–Crippen MR) is 138 cm³/mol. The maximum absolute atomic E-state index is 13.4. The summed E-state index contributed by atoms with van der Waals surface area (Å²) in [4.78, 5) is 34.2. The topological polar surface area (TPSA) is 75.1 Å². The number of piperazine rings is 1. The third kappa shape index (κ3) is 5.17. The second-order valence-electron chi connectivity index (χ2n) is 8.81. The van der Waals surface area contributed by atoms with Gasteiger partial charge in [0.05, 0.1) is 22.5 Å². The molecule has 0 spiro atoms. The molecular weight excluding hydrogens is 517 g/mol. The van der Waals surface area contributed by atoms with E-state index in [1.807, 2.05) is 17.9 Å². The van der Waals surface area contributed by atoms with Gasteiger partial charge in [0, 0.05) is 55.9 Å². The summed E-state index contributed by atoms with van der Waals surface area (Å²) in [6.07, 6.45) is 1.63. The highest BCUT2D eigenvalue weighted by Crippen LogP contribution is 2.37. The molecule has 0 saturated carbocycles. The maximum atomic E-state index is 13.4. The van der Waals surface area contributed by atoms with Crippen molar-refractivity contribution in [2.45, 2.75) is 13.1 Å². The van der Waals surface area contributed by atoms with Gasteiger partial charge in [-0.1, -0.05) is 29.8 Å². The maximum Gasteiger partial charge on any atom is 0.416 e. The van der Waals surface area contributed by atoms with Crippen LogP contribution in [0.15, 0.2) is 67.3 Å². The van der Waals surface area contributed by atoms with Gasteiger partial charge in [-0.3, -0.25) is 19.7 Å². The summed E-state index contributed by atoms with van der Waals surface area (Å²) in [5.74, 6) is 0.405. The first-order valence-corrected chi connectivity index (χ1v) is 12.2. The highest BCUT2D eigenvalue weighted by atomic mass is 35.5. The van der Waals surface area contributed by atoms with E-state index in [1.54, 1.807) is 29.3 Å². The molecule has 0 bridgehead atoms. The van der Waals surface area contributed by atoms with Crippen molar-refractivity contribution in [2.75, 3.05) is 31.1 Å². The molecule has 4 aromatic rings. The van der Waals surface area contributed by atoms with Crippen LogP contribution >= 0.6 is 11.6 Å². The molecule has 0 radical (unpaired) electrons. The Bertz CT molecular complexity index is 1490. The summed E-state index contributed by atoms with van der Waals surface area (Å²) in [5, 5.41) is 0.299. The number of hydrogen-bond acceptors (Lipinski definition) is 6. The minimum absolute atomic E-state index is 0.127. The van der Waals surface area contributed by atoms with Crippen LogP contribution in [0.3, 0.4) is 0 Å². The van der Waals surface area contributed by atoms with E-state index in [1.165, 1.54) is 24.7 Å². The average molecular weight is 539 g/mol. The van der Waals surface area contributed by atoms with Crippen LogP contribution in [0.5, 0.6) is 0 Å². The van der Waals surface area contributed by atoms with Crippen molar-refractivity contribution in [3.63, 3.8) is 0 Å². The molecule has 3 aromatic heterocycles. The van der Waals surface area contributed by atoms with Gasteiger partial charge in [0.15, 0.2) is 0 Å². The van der Waals surface area contributed by atoms with Crippen molar-refractivity contribution in [2.24, 2.45) is 0 Å². The Hall–Kier alpha value is -4.05. The Morgan fingerprint density at radius 2 is 1.74 bits per heavy atom. The molecule has 1 aliphatic heterocycles. The van der Waals surface area contributed by atoms with Crippen LogP contribution in [0.4, 0.5) is 19.0 Å². The van der Waals surface area contributed by atoms with Crippen LogP contribution in [0.25, 0.3) is 22.5 Å². The van der Waals surface area contributed by atoms with Gasteiger partial charge in [-0.15, -0.1) is 0 Å². The number of nitrogens with zero attached hydrogens (tertiary/aromatic N) is 6. The lowest BCUT2D eigenvalue weighted by Crippen LogP contribution is -2.49. The molecule has 194 valence electrons. The fourth-order valence-electron chi connectivity index (χ4n) is 4.34. The van der Waals surface area contributed by atoms with E-state index in [0.717, 1.165) is 17.7 Å². The number of alkyl halides is 3. The number of halogens is 4. The Kier molecular flexibility index (Phi) is 6.98. The zero-order chi connectivity index (χ0) is 26.9. The molecule has 1 amide bonds. The number of anilines is 1. The Morgan fingerprint density at radius 1 is 0.947 bits per heavy atom. The molecule has 7 nitrogen and oxygen atoms in total. The van der Waals surface area contributed by atoms with E-state index in [9.17, 15) is 18.0 Å². The molecule has 0 N–H and O–H groups in total. The molecule has 1 aromatic carbocycles. The Labute approximate surface area is 222 Å². The molecule has 11 heteroatoms. The van der Waals surface area contributed by atoms with Gasteiger partial charge in [-0.2, -0.15) is 13.2 Å². The van der Waals surface area contributed by atoms with E-state index in [2.05, 4.69) is 15.0 Å². The van der Waals surface area contributed by atoms with Gasteiger partial charge in [0.25, 0.3) is 5.91 Å². The fraction of sp³-hybridized carbons (Fsp3) is 0.222. The van der Waals surface area contributed by atoms with Gasteiger partial charge in [-0.05, 0) is 36.8 Å². The molecule has 5 rings (SSSR count). The molecule has 4 heterocycles. The zero-order valence-electron chi connectivity index (χ0n) is 20.3. The van der Waals surface area contributed by atoms with Crippen LogP contribution in [-0.4, -0.2) is 56.9 Å². The van der Waals surface area contributed by atoms with Crippen molar-refractivity contribution >= 4 is 23.3 Å². The summed E-state index contributed by atoms with van der Waals surface area (Å²) in [7, 11) is 0. The average Bonchev–Trinajstić information content (AvgIpc) is 2.93. The second kappa shape index (κ2) is 10.4. The summed E-state index contributed by atoms with van der Waals surface area (Å²) in [6.45, 7) is 3.76. The van der Waals surface area contributed by atoms with Gasteiger partial charge in [0.1, 0.15) is 17.2 Å². The third-order valence-corrected chi connectivity index (χ3v) is 6.65. The summed E-state index contributed by atoms with van der Waals surface area (Å²) >= 11 is 6.41. The van der Waals surface area contributed by atoms with Crippen LogP contribution in [0.2, 0.25) is 5.02 Å². The second-order valence-corrected chi connectivity index (χ2v) is 9.21. The van der Waals surface area contributed by atoms with Crippen molar-refractivity contribution in [1.29, 1.82) is 0 Å². The lowest BCUT2D eigenvalue weighted by Gasteiger charge is -2.35. The van der Waals surface area contributed by atoms with Crippen LogP contribution in [-0.2, 0) is 6.18 Å². The normalized spacial score (nSPS) is 14.0. The zero-order valence-corrected chi connectivity index (χ0v) is 21.0. The lowest BCUT2D eigenvalue weighted by atomic mass is 10.0. The van der Waals surface area contributed by atoms with Crippen molar-refractivity contribution < 1.29 is 18.0 Å². The van der Waals surface area contributed by atoms with Crippen molar-refractivity contribution in [3.8, 4) is 22.5 Å². The van der Waals surface area contributed by atoms with Gasteiger partial charge in [-0.25, -0.2) is 4.98 Å². The number of rotatable bonds is 4. The molecule has 38 heavy (non-hydrogen) atoms. The highest BCUT2D eigenvalue weighted by Gasteiger charge is 2.31. The minimum atomic E-state index is -4.50. The first kappa shape index (κ1) is 25.6. The van der Waals surface area contributed by atoms with Crippen LogP contribution in [0, 0.1) is 6.92 Å². The third-order valence-electron chi connectivity index (χ3n) is 6.35. The van der Waals surface area contributed by atoms with E-state index < -0.39 is 11.7 Å². The summed E-state index contributed by atoms with van der Waals surface area (Å²) in [5.41, 5.74) is 1.85. The molecular formula is C27H22ClF3N6O. The van der Waals surface area contributed by atoms with E-state index in [4.69, 9.17) is 16.6 Å². The largest absolute Gasteiger partial charge is 0.416 e. The van der Waals surface area contributed by atoms with Gasteiger partial charge in [0.2, 0.25) is 0 Å². The quantitative estimate of drug-likeness (QED) is 0.339. The highest BCUT2D eigenvalue weighted by molar-refractivity contribution is 6.33. The smallest absolute Gasteiger partial charge is 0.352 e. The Morgan fingerprint density at radius 3 is 2.45 bits per heavy atom. The van der Waals surface area contributed by atoms with Crippen molar-refractivity contribution in [3.05, 3.63) is 89.1 Å². The van der Waals surface area contributed by atoms with Gasteiger partial charge >= 0.3 is 6.18 Å². The standard InChI is InChI=1S/C27H22ClF3N6O/c1-17-4-3-8-33-23(17)26(38)37-12-10-36(11-13-37)22-16-34-24(18-5-2-6-19(14-18)27(29,30)31)25(35-22)20-7-9-32-15-21(20)28/h2-9,14-16H,10-13H2,1H3. The van der Waals surface area contributed by atoms with E-state index in [-0.39, 0.29) is 17.2 Å². The first-order valence-electron chi connectivity index (χ1n) is 11.8. The van der Waals surface area contributed by atoms with Crippen molar-refractivity contribution in [1.82, 2.24) is 24.8 Å². The van der Waals surface area contributed by atoms with Crippen LogP contribution < -0.4 is 4.90 Å². The number of pyridine rings is 2. The minimum Gasteiger partial charge on any atom is -0.352 e. The molecule has 0 atom stereocenters. The van der Waals surface area contributed by atoms with Gasteiger partial charge < -0.3 is 9.80 Å². The number of aryl methyl sites for hydroxylation is 1. The first-order chi connectivity index (χ1) is 18.2. The number of aromatic nitrogens is 4. The number of benzene rings is 1. The molecule has 1 aliphatic rings. The summed E-state index contributed by atoms with van der Waals surface area (Å²) < 4.78 is 40.2. The number of carbonyl (C=O) groups is 1. The number of carbonyl (C=O) groups excluding carboxylic acids is 1. The van der Waals surface area contributed by atoms with E-state index >= 15 is 0 Å². The van der Waals surface area contributed by atoms with Crippen LogP contribution in [0.1, 0.15) is 21.6 Å². The fourth-order valence-corrected chi connectivity index (χ4v) is 4.55. The molecule has 1 saturated heterocycles. The lowest BCUT2D eigenvalue weighted by molar-refractivity contribution is -0.137.